The van der Waals surface area contributed by atoms with E-state index < -0.39 is 6.61 Å². The molecule has 2 aromatic rings. The number of amides is 1. The zero-order valence-electron chi connectivity index (χ0n) is 14.6. The zero-order chi connectivity index (χ0) is 19.6. The summed E-state index contributed by atoms with van der Waals surface area (Å²) in [7, 11) is 1.36. The largest absolute Gasteiger partial charge is 0.493 e. The van der Waals surface area contributed by atoms with Crippen LogP contribution in [0.5, 0.6) is 17.2 Å². The molecule has 0 radical (unpaired) electrons. The van der Waals surface area contributed by atoms with Gasteiger partial charge in [0.1, 0.15) is 11.8 Å². The van der Waals surface area contributed by atoms with Gasteiger partial charge in [-0.2, -0.15) is 14.0 Å². The van der Waals surface area contributed by atoms with E-state index in [0.717, 1.165) is 5.56 Å². The minimum absolute atomic E-state index is 0.0511. The maximum absolute atomic E-state index is 12.3. The fourth-order valence-corrected chi connectivity index (χ4v) is 2.29. The van der Waals surface area contributed by atoms with Crippen molar-refractivity contribution in [3.05, 3.63) is 53.6 Å². The lowest BCUT2D eigenvalue weighted by atomic mass is 10.1. The molecule has 0 unspecified atom stereocenters. The van der Waals surface area contributed by atoms with Gasteiger partial charge in [-0.15, -0.1) is 0 Å². The molecule has 0 fully saturated rings. The Bertz CT molecular complexity index is 822. The number of halogens is 2. The van der Waals surface area contributed by atoms with Gasteiger partial charge < -0.3 is 19.5 Å². The summed E-state index contributed by atoms with van der Waals surface area (Å²) >= 11 is 0. The molecule has 0 heterocycles. The minimum Gasteiger partial charge on any atom is -0.493 e. The first-order chi connectivity index (χ1) is 13.0. The molecule has 142 valence electrons. The average Bonchev–Trinajstić information content (AvgIpc) is 2.67. The van der Waals surface area contributed by atoms with E-state index in [2.05, 4.69) is 10.1 Å². The van der Waals surface area contributed by atoms with Crippen molar-refractivity contribution < 1.29 is 27.8 Å². The summed E-state index contributed by atoms with van der Waals surface area (Å²) in [5, 5.41) is 11.7. The second-order valence-electron chi connectivity index (χ2n) is 5.36. The molecule has 6 nitrogen and oxygen atoms in total. The molecule has 0 saturated carbocycles. The van der Waals surface area contributed by atoms with E-state index >= 15 is 0 Å². The molecular formula is C19H18F2N2O4. The van der Waals surface area contributed by atoms with Crippen molar-refractivity contribution in [3.63, 3.8) is 0 Å². The highest BCUT2D eigenvalue weighted by molar-refractivity contribution is 5.77. The summed E-state index contributed by atoms with van der Waals surface area (Å²) in [5.41, 5.74) is 1.13. The van der Waals surface area contributed by atoms with Crippen molar-refractivity contribution in [3.8, 4) is 23.3 Å². The van der Waals surface area contributed by atoms with E-state index in [9.17, 15) is 13.6 Å². The molecule has 27 heavy (non-hydrogen) atoms. The lowest BCUT2D eigenvalue weighted by Crippen LogP contribution is -2.30. The van der Waals surface area contributed by atoms with Gasteiger partial charge in [-0.1, -0.05) is 18.2 Å². The molecule has 0 saturated heterocycles. The number of benzene rings is 2. The number of nitrogens with zero attached hydrogens (tertiary/aromatic N) is 1. The Morgan fingerprint density at radius 2 is 1.96 bits per heavy atom. The van der Waals surface area contributed by atoms with Crippen molar-refractivity contribution in [2.45, 2.75) is 13.0 Å². The summed E-state index contributed by atoms with van der Waals surface area (Å²) < 4.78 is 39.4. The number of ether oxygens (including phenoxy) is 3. The predicted octanol–water partition coefficient (Wildman–Crippen LogP) is 2.91. The van der Waals surface area contributed by atoms with Gasteiger partial charge in [0.25, 0.3) is 5.91 Å². The fraction of sp³-hybridized carbons (Fsp3) is 0.263. The van der Waals surface area contributed by atoms with Gasteiger partial charge in [0, 0.05) is 6.54 Å². The molecule has 2 aromatic carbocycles. The van der Waals surface area contributed by atoms with Crippen LogP contribution in [0.3, 0.4) is 0 Å². The third-order valence-electron chi connectivity index (χ3n) is 3.55. The fourth-order valence-electron chi connectivity index (χ4n) is 2.29. The molecule has 2 rings (SSSR count). The number of alkyl halides is 2. The van der Waals surface area contributed by atoms with Gasteiger partial charge in [-0.25, -0.2) is 0 Å². The highest BCUT2D eigenvalue weighted by atomic mass is 19.3. The summed E-state index contributed by atoms with van der Waals surface area (Å²) in [6.45, 7) is -2.83. The number of methoxy groups -OCH3 is 1. The number of hydrogen-bond donors (Lipinski definition) is 1. The SMILES string of the molecule is COc1cc(CCNC(=O)COc2ccccc2C#N)ccc1OC(F)F. The van der Waals surface area contributed by atoms with Crippen molar-refractivity contribution in [1.82, 2.24) is 5.32 Å². The van der Waals surface area contributed by atoms with Gasteiger partial charge in [0.05, 0.1) is 12.7 Å². The second-order valence-corrected chi connectivity index (χ2v) is 5.36. The molecule has 8 heteroatoms. The highest BCUT2D eigenvalue weighted by Crippen LogP contribution is 2.29. The summed E-state index contributed by atoms with van der Waals surface area (Å²) in [4.78, 5) is 11.9. The van der Waals surface area contributed by atoms with Crippen molar-refractivity contribution in [2.75, 3.05) is 20.3 Å². The van der Waals surface area contributed by atoms with E-state index in [4.69, 9.17) is 14.7 Å². The summed E-state index contributed by atoms with van der Waals surface area (Å²) in [5.74, 6) is 0.141. The first-order valence-electron chi connectivity index (χ1n) is 8.04. The molecule has 0 aliphatic heterocycles. The Hall–Kier alpha value is -3.34. The quantitative estimate of drug-likeness (QED) is 0.728. The Kier molecular flexibility index (Phi) is 7.37. The molecular weight excluding hydrogens is 358 g/mol. The Labute approximate surface area is 155 Å². The van der Waals surface area contributed by atoms with Crippen molar-refractivity contribution >= 4 is 5.91 Å². The normalized spacial score (nSPS) is 10.2. The van der Waals surface area contributed by atoms with Crippen LogP contribution >= 0.6 is 0 Å². The number of nitrogens with one attached hydrogen (secondary N) is 1. The van der Waals surface area contributed by atoms with Crippen LogP contribution in [0, 0.1) is 11.3 Å². The van der Waals surface area contributed by atoms with Crippen LogP contribution in [-0.4, -0.2) is 32.8 Å². The van der Waals surface area contributed by atoms with Gasteiger partial charge in [0.2, 0.25) is 0 Å². The standard InChI is InChI=1S/C19H18F2N2O4/c1-25-17-10-13(6-7-16(17)27-19(20)21)8-9-23-18(24)12-26-15-5-3-2-4-14(15)11-22/h2-7,10,19H,8-9,12H2,1H3,(H,23,24). The van der Waals surface area contributed by atoms with E-state index in [0.29, 0.717) is 24.3 Å². The smallest absolute Gasteiger partial charge is 0.387 e. The van der Waals surface area contributed by atoms with Gasteiger partial charge in [0.15, 0.2) is 18.1 Å². The molecule has 1 N–H and O–H groups in total. The topological polar surface area (TPSA) is 80.6 Å². The van der Waals surface area contributed by atoms with Crippen LogP contribution in [0.25, 0.3) is 0 Å². The van der Waals surface area contributed by atoms with Crippen molar-refractivity contribution in [2.24, 2.45) is 0 Å². The van der Waals surface area contributed by atoms with Gasteiger partial charge in [-0.3, -0.25) is 4.79 Å². The van der Waals surface area contributed by atoms with Crippen LogP contribution in [0.2, 0.25) is 0 Å². The van der Waals surface area contributed by atoms with E-state index in [-0.39, 0.29) is 24.0 Å². The first kappa shape index (κ1) is 20.0. The van der Waals surface area contributed by atoms with Crippen LogP contribution in [-0.2, 0) is 11.2 Å². The van der Waals surface area contributed by atoms with Gasteiger partial charge in [-0.05, 0) is 36.2 Å². The van der Waals surface area contributed by atoms with E-state index in [1.165, 1.54) is 13.2 Å². The minimum atomic E-state index is -2.93. The number of rotatable bonds is 9. The van der Waals surface area contributed by atoms with Crippen LogP contribution in [0.15, 0.2) is 42.5 Å². The Morgan fingerprint density at radius 1 is 1.19 bits per heavy atom. The summed E-state index contributed by atoms with van der Waals surface area (Å²) in [6, 6.07) is 13.2. The molecule has 0 aliphatic carbocycles. The molecule has 0 aliphatic rings. The molecule has 0 atom stereocenters. The van der Waals surface area contributed by atoms with Gasteiger partial charge >= 0.3 is 6.61 Å². The average molecular weight is 376 g/mol. The number of hydrogen-bond acceptors (Lipinski definition) is 5. The Morgan fingerprint density at radius 3 is 2.67 bits per heavy atom. The monoisotopic (exact) mass is 376 g/mol. The highest BCUT2D eigenvalue weighted by Gasteiger charge is 2.11. The lowest BCUT2D eigenvalue weighted by molar-refractivity contribution is -0.123. The van der Waals surface area contributed by atoms with Crippen LogP contribution in [0.4, 0.5) is 8.78 Å². The third kappa shape index (κ3) is 6.15. The molecule has 0 spiro atoms. The molecule has 0 bridgehead atoms. The van der Waals surface area contributed by atoms with E-state index in [1.54, 1.807) is 36.4 Å². The lowest BCUT2D eigenvalue weighted by Gasteiger charge is -2.12. The maximum atomic E-state index is 12.3. The second kappa shape index (κ2) is 9.97. The summed E-state index contributed by atoms with van der Waals surface area (Å²) in [6.07, 6.45) is 0.464. The third-order valence-corrected chi connectivity index (χ3v) is 3.55. The van der Waals surface area contributed by atoms with E-state index in [1.807, 2.05) is 6.07 Å². The number of nitriles is 1. The number of para-hydroxylation sites is 1. The van der Waals surface area contributed by atoms with Crippen molar-refractivity contribution in [1.29, 1.82) is 5.26 Å². The number of carbonyl (C=O) groups excluding carboxylic acids is 1. The number of carbonyl (C=O) groups is 1. The first-order valence-corrected chi connectivity index (χ1v) is 8.04. The van der Waals surface area contributed by atoms with Crippen LogP contribution < -0.4 is 19.5 Å². The Balaban J connectivity index is 1.82. The molecule has 1 amide bonds. The zero-order valence-corrected chi connectivity index (χ0v) is 14.6. The maximum Gasteiger partial charge on any atom is 0.387 e. The predicted molar refractivity (Wildman–Crippen MR) is 93.0 cm³/mol. The molecule has 0 aromatic heterocycles. The van der Waals surface area contributed by atoms with Crippen LogP contribution in [0.1, 0.15) is 11.1 Å².